The van der Waals surface area contributed by atoms with Gasteiger partial charge in [-0.2, -0.15) is 0 Å². The van der Waals surface area contributed by atoms with Gasteiger partial charge in [0, 0.05) is 39.3 Å². The van der Waals surface area contributed by atoms with Gasteiger partial charge in [0.1, 0.15) is 0 Å². The van der Waals surface area contributed by atoms with Gasteiger partial charge in [0.15, 0.2) is 11.5 Å². The summed E-state index contributed by atoms with van der Waals surface area (Å²) in [7, 11) is 0. The molecule has 0 aliphatic carbocycles. The third-order valence-corrected chi connectivity index (χ3v) is 7.23. The molecule has 0 unspecified atom stereocenters. The molecule has 37 heavy (non-hydrogen) atoms. The molecule has 204 valence electrons. The molecular formula is C32H48N2O3. The first kappa shape index (κ1) is 29.2. The molecule has 1 aromatic rings. The van der Waals surface area contributed by atoms with E-state index in [0.717, 1.165) is 89.3 Å². The van der Waals surface area contributed by atoms with Gasteiger partial charge in [0.05, 0.1) is 6.61 Å². The van der Waals surface area contributed by atoms with Gasteiger partial charge in [-0.05, 0) is 89.5 Å². The van der Waals surface area contributed by atoms with Gasteiger partial charge in [-0.3, -0.25) is 9.80 Å². The van der Waals surface area contributed by atoms with Gasteiger partial charge in [0.25, 0.3) is 0 Å². The van der Waals surface area contributed by atoms with Gasteiger partial charge in [-0.1, -0.05) is 47.1 Å². The molecule has 0 aromatic heterocycles. The summed E-state index contributed by atoms with van der Waals surface area (Å²) < 4.78 is 10.9. The van der Waals surface area contributed by atoms with Crippen molar-refractivity contribution in [2.24, 2.45) is 0 Å². The van der Waals surface area contributed by atoms with E-state index in [1.165, 1.54) is 27.9 Å². The van der Waals surface area contributed by atoms with Crippen LogP contribution in [0.1, 0.15) is 71.8 Å². The summed E-state index contributed by atoms with van der Waals surface area (Å²) in [6, 6.07) is 6.28. The van der Waals surface area contributed by atoms with Crippen molar-refractivity contribution in [3.63, 3.8) is 0 Å². The third kappa shape index (κ3) is 10.9. The molecule has 2 aliphatic rings. The van der Waals surface area contributed by atoms with Crippen LogP contribution in [-0.4, -0.2) is 61.0 Å². The van der Waals surface area contributed by atoms with Crippen molar-refractivity contribution in [3.05, 3.63) is 70.4 Å². The van der Waals surface area contributed by atoms with Crippen LogP contribution in [0.2, 0.25) is 0 Å². The second-order valence-corrected chi connectivity index (χ2v) is 10.8. The molecule has 3 rings (SSSR count). The Kier molecular flexibility index (Phi) is 12.5. The Morgan fingerprint density at radius 1 is 0.784 bits per heavy atom. The number of hydrogen-bond acceptors (Lipinski definition) is 5. The van der Waals surface area contributed by atoms with Gasteiger partial charge in [-0.25, -0.2) is 0 Å². The first-order chi connectivity index (χ1) is 17.9. The quantitative estimate of drug-likeness (QED) is 0.285. The minimum atomic E-state index is 0.171. The number of rotatable bonds is 14. The van der Waals surface area contributed by atoms with Crippen molar-refractivity contribution in [1.82, 2.24) is 9.80 Å². The Balaban J connectivity index is 1.31. The molecule has 0 atom stereocenters. The van der Waals surface area contributed by atoms with Gasteiger partial charge in [0.2, 0.25) is 6.79 Å². The largest absolute Gasteiger partial charge is 0.454 e. The van der Waals surface area contributed by atoms with Gasteiger partial charge in [-0.15, -0.1) is 0 Å². The maximum absolute atomic E-state index is 9.75. The predicted octanol–water partition coefficient (Wildman–Crippen LogP) is 6.65. The standard InChI is InChI=1S/C32H48N2O3/c1-26(2)8-5-9-27(3)10-6-12-29(24-35)13-7-11-28(4)16-17-33-18-20-34(21-19-33)23-30-14-15-31-32(22-30)37-25-36-31/h8,10,13-16,22,35H,5-7,9,11-12,17-21,23-25H2,1-4H3. The highest BCUT2D eigenvalue weighted by Crippen LogP contribution is 2.32. The molecule has 5 heteroatoms. The molecular weight excluding hydrogens is 460 g/mol. The third-order valence-electron chi connectivity index (χ3n) is 7.23. The fourth-order valence-corrected chi connectivity index (χ4v) is 4.76. The van der Waals surface area contributed by atoms with Crippen LogP contribution < -0.4 is 9.47 Å². The molecule has 0 amide bonds. The number of allylic oxidation sites excluding steroid dienone is 6. The number of nitrogens with zero attached hydrogens (tertiary/aromatic N) is 2. The number of aliphatic hydroxyl groups is 1. The minimum absolute atomic E-state index is 0.171. The zero-order valence-corrected chi connectivity index (χ0v) is 23.6. The molecule has 0 radical (unpaired) electrons. The number of ether oxygens (including phenoxy) is 2. The zero-order valence-electron chi connectivity index (χ0n) is 23.6. The van der Waals surface area contributed by atoms with Crippen LogP contribution >= 0.6 is 0 Å². The summed E-state index contributed by atoms with van der Waals surface area (Å²) in [5.74, 6) is 1.72. The number of aliphatic hydroxyl groups excluding tert-OH is 1. The molecule has 1 N–H and O–H groups in total. The second kappa shape index (κ2) is 15.8. The Morgan fingerprint density at radius 2 is 1.43 bits per heavy atom. The maximum Gasteiger partial charge on any atom is 0.231 e. The summed E-state index contributed by atoms with van der Waals surface area (Å²) in [5, 5.41) is 9.75. The summed E-state index contributed by atoms with van der Waals surface area (Å²) in [5.41, 5.74) is 6.72. The molecule has 1 aromatic carbocycles. The zero-order chi connectivity index (χ0) is 26.5. The minimum Gasteiger partial charge on any atom is -0.454 e. The fraction of sp³-hybridized carbons (Fsp3) is 0.562. The van der Waals surface area contributed by atoms with Crippen LogP contribution in [0, 0.1) is 0 Å². The summed E-state index contributed by atoms with van der Waals surface area (Å²) in [4.78, 5) is 5.06. The number of fused-ring (bicyclic) bond motifs is 1. The van der Waals surface area contributed by atoms with Gasteiger partial charge >= 0.3 is 0 Å². The Bertz CT molecular complexity index is 964. The summed E-state index contributed by atoms with van der Waals surface area (Å²) >= 11 is 0. The van der Waals surface area contributed by atoms with E-state index in [9.17, 15) is 5.11 Å². The average molecular weight is 509 g/mol. The smallest absolute Gasteiger partial charge is 0.231 e. The Hall–Kier alpha value is -2.34. The van der Waals surface area contributed by atoms with Crippen LogP contribution in [0.5, 0.6) is 11.5 Å². The molecule has 1 saturated heterocycles. The highest BCUT2D eigenvalue weighted by molar-refractivity contribution is 5.44. The SMILES string of the molecule is CC(C)=CCCC(C)=CCCC(=CCCC(C)=CCN1CCN(Cc2ccc3c(c2)OCO3)CC1)CO. The molecule has 0 bridgehead atoms. The Labute approximate surface area is 225 Å². The van der Waals surface area contributed by atoms with Crippen LogP contribution in [0.3, 0.4) is 0 Å². The van der Waals surface area contributed by atoms with E-state index in [1.807, 2.05) is 6.07 Å². The molecule has 5 nitrogen and oxygen atoms in total. The van der Waals surface area contributed by atoms with E-state index >= 15 is 0 Å². The summed E-state index contributed by atoms with van der Waals surface area (Å²) in [6.07, 6.45) is 15.6. The van der Waals surface area contributed by atoms with Crippen molar-refractivity contribution in [3.8, 4) is 11.5 Å². The lowest BCUT2D eigenvalue weighted by molar-refractivity contribution is 0.136. The highest BCUT2D eigenvalue weighted by atomic mass is 16.7. The van der Waals surface area contributed by atoms with E-state index in [1.54, 1.807) is 0 Å². The summed E-state index contributed by atoms with van der Waals surface area (Å²) in [6.45, 7) is 15.6. The topological polar surface area (TPSA) is 45.2 Å². The second-order valence-electron chi connectivity index (χ2n) is 10.8. The van der Waals surface area contributed by atoms with E-state index < -0.39 is 0 Å². The lowest BCUT2D eigenvalue weighted by Crippen LogP contribution is -2.45. The van der Waals surface area contributed by atoms with Gasteiger partial charge < -0.3 is 14.6 Å². The van der Waals surface area contributed by atoms with Crippen LogP contribution in [0.25, 0.3) is 0 Å². The number of benzene rings is 1. The molecule has 2 aliphatic heterocycles. The van der Waals surface area contributed by atoms with Crippen molar-refractivity contribution in [2.45, 2.75) is 72.8 Å². The normalized spacial score (nSPS) is 17.4. The van der Waals surface area contributed by atoms with E-state index in [-0.39, 0.29) is 6.61 Å². The number of hydrogen-bond donors (Lipinski definition) is 1. The van der Waals surface area contributed by atoms with Crippen molar-refractivity contribution in [1.29, 1.82) is 0 Å². The van der Waals surface area contributed by atoms with E-state index in [2.05, 4.69) is 73.9 Å². The first-order valence-electron chi connectivity index (χ1n) is 14.0. The average Bonchev–Trinajstić information content (AvgIpc) is 3.35. The molecule has 2 heterocycles. The van der Waals surface area contributed by atoms with Crippen LogP contribution in [-0.2, 0) is 6.54 Å². The van der Waals surface area contributed by atoms with Crippen LogP contribution in [0.4, 0.5) is 0 Å². The van der Waals surface area contributed by atoms with Crippen molar-refractivity contribution >= 4 is 0 Å². The highest BCUT2D eigenvalue weighted by Gasteiger charge is 2.18. The Morgan fingerprint density at radius 3 is 2.16 bits per heavy atom. The lowest BCUT2D eigenvalue weighted by Gasteiger charge is -2.34. The van der Waals surface area contributed by atoms with Crippen LogP contribution in [0.15, 0.2) is 64.8 Å². The van der Waals surface area contributed by atoms with E-state index in [4.69, 9.17) is 9.47 Å². The fourth-order valence-electron chi connectivity index (χ4n) is 4.76. The van der Waals surface area contributed by atoms with Crippen molar-refractivity contribution < 1.29 is 14.6 Å². The van der Waals surface area contributed by atoms with E-state index in [0.29, 0.717) is 6.79 Å². The first-order valence-corrected chi connectivity index (χ1v) is 14.0. The monoisotopic (exact) mass is 508 g/mol. The van der Waals surface area contributed by atoms with Crippen molar-refractivity contribution in [2.75, 3.05) is 46.1 Å². The lowest BCUT2D eigenvalue weighted by atomic mass is 10.0. The molecule has 0 saturated carbocycles. The maximum atomic E-state index is 9.75. The molecule has 1 fully saturated rings. The molecule has 0 spiro atoms. The predicted molar refractivity (Wildman–Crippen MR) is 154 cm³/mol. The number of piperazine rings is 1.